The molecule has 29 heavy (non-hydrogen) atoms. The maximum Gasteiger partial charge on any atom is 0.247 e. The first-order chi connectivity index (χ1) is 14.1. The predicted molar refractivity (Wildman–Crippen MR) is 109 cm³/mol. The van der Waals surface area contributed by atoms with Gasteiger partial charge < -0.3 is 10.2 Å². The third kappa shape index (κ3) is 2.84. The minimum atomic E-state index is -0.632. The highest BCUT2D eigenvalue weighted by atomic mass is 19.1. The van der Waals surface area contributed by atoms with Crippen molar-refractivity contribution in [1.82, 2.24) is 0 Å². The molecular formula is C23H18FN3O2. The lowest BCUT2D eigenvalue weighted by Gasteiger charge is -2.50. The van der Waals surface area contributed by atoms with Crippen molar-refractivity contribution in [1.29, 1.82) is 0 Å². The van der Waals surface area contributed by atoms with Gasteiger partial charge in [-0.2, -0.15) is 0 Å². The summed E-state index contributed by atoms with van der Waals surface area (Å²) >= 11 is 0. The Morgan fingerprint density at radius 3 is 2.31 bits per heavy atom. The molecule has 0 spiro atoms. The van der Waals surface area contributed by atoms with Gasteiger partial charge in [0.25, 0.3) is 0 Å². The minimum Gasteiger partial charge on any atom is -0.333 e. The molecule has 0 unspecified atom stereocenters. The Morgan fingerprint density at radius 2 is 1.55 bits per heavy atom. The largest absolute Gasteiger partial charge is 0.333 e. The number of hydrogen-bond donors (Lipinski definition) is 1. The number of nitrogens with zero attached hydrogens (tertiary/aromatic N) is 2. The summed E-state index contributed by atoms with van der Waals surface area (Å²) in [6.07, 6.45) is -0.510. The number of fused-ring (bicyclic) bond motifs is 3. The van der Waals surface area contributed by atoms with Gasteiger partial charge in [0.2, 0.25) is 11.8 Å². The number of carbonyl (C=O) groups is 2. The van der Waals surface area contributed by atoms with Crippen LogP contribution in [0.25, 0.3) is 0 Å². The molecule has 0 bridgehead atoms. The Labute approximate surface area is 167 Å². The van der Waals surface area contributed by atoms with Gasteiger partial charge in [-0.3, -0.25) is 14.5 Å². The SMILES string of the molecule is O=C1Nc2ccccc2N2[C@@H]1CC(=O)N(c1ccccc1)[C@H]2c1ccc(F)cc1. The van der Waals surface area contributed by atoms with E-state index in [0.29, 0.717) is 5.69 Å². The monoisotopic (exact) mass is 387 g/mol. The summed E-state index contributed by atoms with van der Waals surface area (Å²) in [5.41, 5.74) is 3.00. The fourth-order valence-electron chi connectivity index (χ4n) is 4.15. The van der Waals surface area contributed by atoms with Crippen LogP contribution in [0.1, 0.15) is 18.2 Å². The van der Waals surface area contributed by atoms with Gasteiger partial charge in [-0.1, -0.05) is 42.5 Å². The van der Waals surface area contributed by atoms with Crippen LogP contribution in [-0.2, 0) is 9.59 Å². The van der Waals surface area contributed by atoms with Crippen LogP contribution in [-0.4, -0.2) is 17.9 Å². The highest BCUT2D eigenvalue weighted by Gasteiger charge is 2.47. The van der Waals surface area contributed by atoms with Crippen molar-refractivity contribution in [3.8, 4) is 0 Å². The fourth-order valence-corrected chi connectivity index (χ4v) is 4.15. The van der Waals surface area contributed by atoms with E-state index in [1.807, 2.05) is 59.5 Å². The predicted octanol–water partition coefficient (Wildman–Crippen LogP) is 4.09. The Hall–Kier alpha value is -3.67. The Kier molecular flexibility index (Phi) is 4.05. The Bertz CT molecular complexity index is 1080. The van der Waals surface area contributed by atoms with Crippen LogP contribution in [0.2, 0.25) is 0 Å². The zero-order chi connectivity index (χ0) is 20.0. The zero-order valence-electron chi connectivity index (χ0n) is 15.5. The number of rotatable bonds is 2. The first-order valence-corrected chi connectivity index (χ1v) is 9.44. The van der Waals surface area contributed by atoms with Crippen LogP contribution in [0.3, 0.4) is 0 Å². The molecule has 5 rings (SSSR count). The van der Waals surface area contributed by atoms with E-state index in [2.05, 4.69) is 5.32 Å². The van der Waals surface area contributed by atoms with Crippen LogP contribution in [0.15, 0.2) is 78.9 Å². The average Bonchev–Trinajstić information content (AvgIpc) is 2.74. The number of halogens is 1. The summed E-state index contributed by atoms with van der Waals surface area (Å²) in [6.45, 7) is 0. The molecule has 1 N–H and O–H groups in total. The van der Waals surface area contributed by atoms with E-state index in [4.69, 9.17) is 0 Å². The highest BCUT2D eigenvalue weighted by Crippen LogP contribution is 2.44. The lowest BCUT2D eigenvalue weighted by Crippen LogP contribution is -2.61. The van der Waals surface area contributed by atoms with Gasteiger partial charge in [-0.05, 0) is 42.0 Å². The summed E-state index contributed by atoms with van der Waals surface area (Å²) in [5, 5.41) is 2.90. The zero-order valence-corrected chi connectivity index (χ0v) is 15.5. The van der Waals surface area contributed by atoms with Gasteiger partial charge in [0.1, 0.15) is 18.0 Å². The highest BCUT2D eigenvalue weighted by molar-refractivity contribution is 6.09. The first-order valence-electron chi connectivity index (χ1n) is 9.44. The summed E-state index contributed by atoms with van der Waals surface area (Å²) in [7, 11) is 0. The number of hydrogen-bond acceptors (Lipinski definition) is 3. The van der Waals surface area contributed by atoms with E-state index >= 15 is 0 Å². The number of benzene rings is 3. The molecule has 2 atom stereocenters. The molecule has 2 aliphatic heterocycles. The van der Waals surface area contributed by atoms with Crippen LogP contribution in [0, 0.1) is 5.82 Å². The lowest BCUT2D eigenvalue weighted by molar-refractivity contribution is -0.126. The van der Waals surface area contributed by atoms with Crippen molar-refractivity contribution in [2.24, 2.45) is 0 Å². The fraction of sp³-hybridized carbons (Fsp3) is 0.130. The van der Waals surface area contributed by atoms with Gasteiger partial charge in [0.05, 0.1) is 17.8 Å². The van der Waals surface area contributed by atoms with Crippen molar-refractivity contribution in [3.05, 3.63) is 90.2 Å². The molecule has 2 aliphatic rings. The molecule has 0 aliphatic carbocycles. The molecular weight excluding hydrogens is 369 g/mol. The third-order valence-corrected chi connectivity index (χ3v) is 5.43. The summed E-state index contributed by atoms with van der Waals surface area (Å²) in [5.74, 6) is -0.714. The van der Waals surface area contributed by atoms with E-state index in [1.165, 1.54) is 12.1 Å². The van der Waals surface area contributed by atoms with Crippen molar-refractivity contribution >= 4 is 28.9 Å². The van der Waals surface area contributed by atoms with E-state index < -0.39 is 12.2 Å². The van der Waals surface area contributed by atoms with E-state index in [-0.39, 0.29) is 24.1 Å². The Morgan fingerprint density at radius 1 is 0.862 bits per heavy atom. The molecule has 1 fully saturated rings. The lowest BCUT2D eigenvalue weighted by atomic mass is 9.95. The second-order valence-electron chi connectivity index (χ2n) is 7.16. The molecule has 5 nitrogen and oxygen atoms in total. The standard InChI is InChI=1S/C23H18FN3O2/c24-16-12-10-15(11-13-16)23-26(17-6-2-1-3-7-17)21(28)14-20-22(29)25-18-8-4-5-9-19(18)27(20)23/h1-13,20,23H,14H2,(H,25,29)/t20-,23-/m1/s1. The normalized spacial score (nSPS) is 20.7. The smallest absolute Gasteiger partial charge is 0.247 e. The van der Waals surface area contributed by atoms with Gasteiger partial charge >= 0.3 is 0 Å². The van der Waals surface area contributed by atoms with Crippen LogP contribution in [0.4, 0.5) is 21.5 Å². The minimum absolute atomic E-state index is 0.0623. The van der Waals surface area contributed by atoms with Gasteiger partial charge in [0, 0.05) is 5.69 Å². The topological polar surface area (TPSA) is 52.7 Å². The van der Waals surface area contributed by atoms with Crippen LogP contribution >= 0.6 is 0 Å². The number of nitrogens with one attached hydrogen (secondary N) is 1. The van der Waals surface area contributed by atoms with E-state index in [0.717, 1.165) is 16.9 Å². The average molecular weight is 387 g/mol. The maximum atomic E-state index is 13.6. The third-order valence-electron chi connectivity index (χ3n) is 5.43. The van der Waals surface area contributed by atoms with Gasteiger partial charge in [-0.15, -0.1) is 0 Å². The van der Waals surface area contributed by atoms with Gasteiger partial charge in [-0.25, -0.2) is 4.39 Å². The van der Waals surface area contributed by atoms with Crippen molar-refractivity contribution in [3.63, 3.8) is 0 Å². The van der Waals surface area contributed by atoms with Crippen LogP contribution in [0.5, 0.6) is 0 Å². The second kappa shape index (κ2) is 6.74. The number of amides is 2. The number of para-hydroxylation sites is 3. The molecule has 0 saturated carbocycles. The molecule has 0 radical (unpaired) electrons. The van der Waals surface area contributed by atoms with Gasteiger partial charge in [0.15, 0.2) is 0 Å². The summed E-state index contributed by atoms with van der Waals surface area (Å²) in [4.78, 5) is 29.7. The quantitative estimate of drug-likeness (QED) is 0.721. The number of carbonyl (C=O) groups excluding carboxylic acids is 2. The first kappa shape index (κ1) is 17.4. The molecule has 2 amide bonds. The molecule has 6 heteroatoms. The van der Waals surface area contributed by atoms with E-state index in [1.54, 1.807) is 17.0 Å². The molecule has 0 aromatic heterocycles. The molecule has 3 aromatic carbocycles. The van der Waals surface area contributed by atoms with Crippen LogP contribution < -0.4 is 15.1 Å². The summed E-state index contributed by atoms with van der Waals surface area (Å²) < 4.78 is 13.6. The summed E-state index contributed by atoms with van der Waals surface area (Å²) in [6, 6.07) is 22.3. The number of anilines is 3. The van der Waals surface area contributed by atoms with Crippen molar-refractivity contribution in [2.45, 2.75) is 18.6 Å². The molecule has 2 heterocycles. The Balaban J connectivity index is 1.73. The molecule has 3 aromatic rings. The van der Waals surface area contributed by atoms with Crippen molar-refractivity contribution < 1.29 is 14.0 Å². The van der Waals surface area contributed by atoms with Crippen molar-refractivity contribution in [2.75, 3.05) is 15.1 Å². The molecule has 1 saturated heterocycles. The molecule has 144 valence electrons. The van der Waals surface area contributed by atoms with E-state index in [9.17, 15) is 14.0 Å². The second-order valence-corrected chi connectivity index (χ2v) is 7.16. The maximum absolute atomic E-state index is 13.6.